The first-order valence-corrected chi connectivity index (χ1v) is 5.08. The molecule has 0 aliphatic rings. The van der Waals surface area contributed by atoms with Crippen LogP contribution in [0.4, 0.5) is 0 Å². The van der Waals surface area contributed by atoms with Crippen LogP contribution in [-0.4, -0.2) is 24.5 Å². The van der Waals surface area contributed by atoms with Crippen molar-refractivity contribution < 1.29 is 4.79 Å². The lowest BCUT2D eigenvalue weighted by Crippen LogP contribution is -2.26. The Morgan fingerprint density at radius 1 is 1.60 bits per heavy atom. The van der Waals surface area contributed by atoms with Gasteiger partial charge in [0.15, 0.2) is 0 Å². The topological polar surface area (TPSA) is 54.0 Å². The summed E-state index contributed by atoms with van der Waals surface area (Å²) < 4.78 is 0. The number of aromatic nitrogens is 1. The molecule has 0 fully saturated rings. The summed E-state index contributed by atoms with van der Waals surface area (Å²) in [4.78, 5) is 15.0. The van der Waals surface area contributed by atoms with Crippen LogP contribution in [0.15, 0.2) is 24.5 Å². The fraction of sp³-hybridized carbons (Fsp3) is 0.455. The molecular weight excluding hydrogens is 190 g/mol. The van der Waals surface area contributed by atoms with Gasteiger partial charge < -0.3 is 10.6 Å². The minimum atomic E-state index is 0.0564. The predicted molar refractivity (Wildman–Crippen MR) is 59.3 cm³/mol. The van der Waals surface area contributed by atoms with E-state index < -0.39 is 0 Å². The Labute approximate surface area is 90.1 Å². The molecule has 0 spiro atoms. The number of nitrogens with zero attached hydrogens (tertiary/aromatic N) is 1. The van der Waals surface area contributed by atoms with Crippen molar-refractivity contribution in [2.45, 2.75) is 19.4 Å². The summed E-state index contributed by atoms with van der Waals surface area (Å²) >= 11 is 0. The zero-order valence-corrected chi connectivity index (χ0v) is 9.16. The van der Waals surface area contributed by atoms with Gasteiger partial charge in [-0.3, -0.25) is 9.78 Å². The van der Waals surface area contributed by atoms with Gasteiger partial charge in [-0.2, -0.15) is 0 Å². The summed E-state index contributed by atoms with van der Waals surface area (Å²) in [5.74, 6) is 0.0564. The van der Waals surface area contributed by atoms with E-state index in [1.165, 1.54) is 0 Å². The second kappa shape index (κ2) is 6.14. The van der Waals surface area contributed by atoms with Gasteiger partial charge in [0.1, 0.15) is 0 Å². The maximum atomic E-state index is 11.0. The summed E-state index contributed by atoms with van der Waals surface area (Å²) in [7, 11) is 1.65. The molecular formula is C11H17N3O. The number of amides is 1. The summed E-state index contributed by atoms with van der Waals surface area (Å²) in [6.45, 7) is 2.73. The van der Waals surface area contributed by atoms with Gasteiger partial charge in [0, 0.05) is 38.4 Å². The maximum absolute atomic E-state index is 11.0. The first-order valence-electron chi connectivity index (χ1n) is 5.08. The average molecular weight is 207 g/mol. The Morgan fingerprint density at radius 2 is 2.40 bits per heavy atom. The SMILES string of the molecule is CNC(=O)CCN[C@H](C)c1cccnc1. The number of carbonyl (C=O) groups is 1. The minimum absolute atomic E-state index is 0.0564. The van der Waals surface area contributed by atoms with Gasteiger partial charge in [-0.05, 0) is 18.6 Å². The van der Waals surface area contributed by atoms with Crippen LogP contribution in [0.25, 0.3) is 0 Å². The predicted octanol–water partition coefficient (Wildman–Crippen LogP) is 0.868. The van der Waals surface area contributed by atoms with Crippen LogP contribution in [0, 0.1) is 0 Å². The monoisotopic (exact) mass is 207 g/mol. The van der Waals surface area contributed by atoms with E-state index in [9.17, 15) is 4.79 Å². The van der Waals surface area contributed by atoms with Crippen molar-refractivity contribution in [3.8, 4) is 0 Å². The third-order valence-corrected chi connectivity index (χ3v) is 2.27. The Hall–Kier alpha value is -1.42. The minimum Gasteiger partial charge on any atom is -0.359 e. The maximum Gasteiger partial charge on any atom is 0.221 e. The molecule has 1 heterocycles. The molecule has 1 atom stereocenters. The van der Waals surface area contributed by atoms with E-state index in [1.54, 1.807) is 13.2 Å². The molecule has 0 aliphatic carbocycles. The van der Waals surface area contributed by atoms with Gasteiger partial charge >= 0.3 is 0 Å². The van der Waals surface area contributed by atoms with Gasteiger partial charge in [0.05, 0.1) is 0 Å². The summed E-state index contributed by atoms with van der Waals surface area (Å²) in [5.41, 5.74) is 1.13. The van der Waals surface area contributed by atoms with Crippen molar-refractivity contribution >= 4 is 5.91 Å². The molecule has 0 unspecified atom stereocenters. The van der Waals surface area contributed by atoms with Crippen molar-refractivity contribution in [2.75, 3.05) is 13.6 Å². The summed E-state index contributed by atoms with van der Waals surface area (Å²) in [5, 5.41) is 5.85. The largest absolute Gasteiger partial charge is 0.359 e. The number of nitrogens with one attached hydrogen (secondary N) is 2. The van der Waals surface area contributed by atoms with E-state index in [0.717, 1.165) is 5.56 Å². The lowest BCUT2D eigenvalue weighted by atomic mass is 10.1. The molecule has 15 heavy (non-hydrogen) atoms. The summed E-state index contributed by atoms with van der Waals surface area (Å²) in [6, 6.07) is 4.15. The second-order valence-electron chi connectivity index (χ2n) is 3.39. The fourth-order valence-corrected chi connectivity index (χ4v) is 1.28. The van der Waals surface area contributed by atoms with E-state index in [-0.39, 0.29) is 11.9 Å². The number of rotatable bonds is 5. The van der Waals surface area contributed by atoms with Crippen molar-refractivity contribution in [2.24, 2.45) is 0 Å². The average Bonchev–Trinajstić information content (AvgIpc) is 2.29. The van der Waals surface area contributed by atoms with Crippen LogP contribution in [0.3, 0.4) is 0 Å². The van der Waals surface area contributed by atoms with Crippen molar-refractivity contribution in [3.05, 3.63) is 30.1 Å². The molecule has 1 amide bonds. The van der Waals surface area contributed by atoms with Crippen molar-refractivity contribution in [1.82, 2.24) is 15.6 Å². The number of carbonyl (C=O) groups excluding carboxylic acids is 1. The summed E-state index contributed by atoms with van der Waals surface area (Å²) in [6.07, 6.45) is 4.08. The molecule has 4 heteroatoms. The third-order valence-electron chi connectivity index (χ3n) is 2.27. The van der Waals surface area contributed by atoms with Crippen molar-refractivity contribution in [3.63, 3.8) is 0 Å². The molecule has 0 aliphatic heterocycles. The van der Waals surface area contributed by atoms with Crippen LogP contribution in [0.2, 0.25) is 0 Å². The molecule has 1 aromatic rings. The van der Waals surface area contributed by atoms with Gasteiger partial charge in [0.2, 0.25) is 5.91 Å². The molecule has 1 rings (SSSR count). The van der Waals surface area contributed by atoms with Crippen LogP contribution >= 0.6 is 0 Å². The highest BCUT2D eigenvalue weighted by atomic mass is 16.1. The first kappa shape index (κ1) is 11.7. The zero-order valence-electron chi connectivity index (χ0n) is 9.16. The first-order chi connectivity index (χ1) is 7.24. The quantitative estimate of drug-likeness (QED) is 0.753. The van der Waals surface area contributed by atoms with E-state index >= 15 is 0 Å². The lowest BCUT2D eigenvalue weighted by molar-refractivity contribution is -0.120. The van der Waals surface area contributed by atoms with Crippen molar-refractivity contribution in [1.29, 1.82) is 0 Å². The van der Waals surface area contributed by atoms with Gasteiger partial charge in [-0.15, -0.1) is 0 Å². The van der Waals surface area contributed by atoms with Crippen LogP contribution in [-0.2, 0) is 4.79 Å². The standard InChI is InChI=1S/C11H17N3O/c1-9(10-4-3-6-13-8-10)14-7-5-11(15)12-2/h3-4,6,8-9,14H,5,7H2,1-2H3,(H,12,15)/t9-/m1/s1. The lowest BCUT2D eigenvalue weighted by Gasteiger charge is -2.12. The fourth-order valence-electron chi connectivity index (χ4n) is 1.28. The second-order valence-corrected chi connectivity index (χ2v) is 3.39. The Morgan fingerprint density at radius 3 is 3.00 bits per heavy atom. The Kier molecular flexibility index (Phi) is 4.77. The normalized spacial score (nSPS) is 12.1. The van der Waals surface area contributed by atoms with Gasteiger partial charge in [-0.1, -0.05) is 6.07 Å². The Balaban J connectivity index is 2.31. The smallest absolute Gasteiger partial charge is 0.221 e. The Bertz CT molecular complexity index is 300. The molecule has 0 bridgehead atoms. The highest BCUT2D eigenvalue weighted by Gasteiger charge is 2.04. The molecule has 0 aromatic carbocycles. The number of hydrogen-bond acceptors (Lipinski definition) is 3. The van der Waals surface area contributed by atoms with E-state index in [1.807, 2.05) is 18.3 Å². The molecule has 82 valence electrons. The third kappa shape index (κ3) is 4.08. The van der Waals surface area contributed by atoms with E-state index in [4.69, 9.17) is 0 Å². The highest BCUT2D eigenvalue weighted by Crippen LogP contribution is 2.08. The zero-order chi connectivity index (χ0) is 11.1. The molecule has 4 nitrogen and oxygen atoms in total. The number of pyridine rings is 1. The molecule has 2 N–H and O–H groups in total. The van der Waals surface area contributed by atoms with Crippen LogP contribution in [0.1, 0.15) is 24.9 Å². The van der Waals surface area contributed by atoms with Gasteiger partial charge in [-0.25, -0.2) is 0 Å². The number of hydrogen-bond donors (Lipinski definition) is 2. The van der Waals surface area contributed by atoms with E-state index in [2.05, 4.69) is 22.5 Å². The molecule has 0 saturated heterocycles. The van der Waals surface area contributed by atoms with Crippen LogP contribution in [0.5, 0.6) is 0 Å². The van der Waals surface area contributed by atoms with Gasteiger partial charge in [0.25, 0.3) is 0 Å². The van der Waals surface area contributed by atoms with Crippen LogP contribution < -0.4 is 10.6 Å². The molecule has 0 saturated carbocycles. The molecule has 1 aromatic heterocycles. The molecule has 0 radical (unpaired) electrons. The highest BCUT2D eigenvalue weighted by molar-refractivity contribution is 5.75. The van der Waals surface area contributed by atoms with E-state index in [0.29, 0.717) is 13.0 Å².